The van der Waals surface area contributed by atoms with Gasteiger partial charge in [-0.1, -0.05) is 0 Å². The number of furan rings is 1. The van der Waals surface area contributed by atoms with Crippen molar-refractivity contribution in [3.05, 3.63) is 29.5 Å². The molecule has 0 saturated carbocycles. The van der Waals surface area contributed by atoms with Gasteiger partial charge in [0.2, 0.25) is 0 Å². The summed E-state index contributed by atoms with van der Waals surface area (Å²) in [6, 6.07) is 5.77. The maximum Gasteiger partial charge on any atom is 0.176 e. The Morgan fingerprint density at radius 2 is 2.12 bits per heavy atom. The highest BCUT2D eigenvalue weighted by molar-refractivity contribution is 5.86. The Bertz CT molecular complexity index is 537. The van der Waals surface area contributed by atoms with Crippen LogP contribution >= 0.6 is 0 Å². The van der Waals surface area contributed by atoms with Gasteiger partial charge in [-0.2, -0.15) is 0 Å². The van der Waals surface area contributed by atoms with Gasteiger partial charge in [-0.15, -0.1) is 0 Å². The molecule has 0 atom stereocenters. The first kappa shape index (κ1) is 10.7. The summed E-state index contributed by atoms with van der Waals surface area (Å²) >= 11 is 0. The Morgan fingerprint density at radius 1 is 1.38 bits per heavy atom. The van der Waals surface area contributed by atoms with Crippen LogP contribution < -0.4 is 4.74 Å². The number of hydrogen-bond donors (Lipinski definition) is 0. The molecule has 3 nitrogen and oxygen atoms in total. The van der Waals surface area contributed by atoms with E-state index in [0.717, 1.165) is 22.3 Å². The van der Waals surface area contributed by atoms with Crippen LogP contribution in [0.15, 0.2) is 22.6 Å². The Kier molecular flexibility index (Phi) is 2.69. The van der Waals surface area contributed by atoms with E-state index in [-0.39, 0.29) is 5.78 Å². The van der Waals surface area contributed by atoms with Crippen molar-refractivity contribution in [3.63, 3.8) is 0 Å². The highest BCUT2D eigenvalue weighted by Gasteiger charge is 2.10. The minimum atomic E-state index is 0.140. The number of Topliss-reactive ketones (excluding diaryl/α,β-unsaturated/α-hetero) is 1. The van der Waals surface area contributed by atoms with Crippen LogP contribution in [0.4, 0.5) is 0 Å². The minimum absolute atomic E-state index is 0.140. The molecule has 0 saturated heterocycles. The van der Waals surface area contributed by atoms with Crippen LogP contribution in [0.3, 0.4) is 0 Å². The van der Waals surface area contributed by atoms with Gasteiger partial charge in [0.15, 0.2) is 11.3 Å². The number of rotatable bonds is 3. The number of ether oxygens (including phenoxy) is 1. The van der Waals surface area contributed by atoms with E-state index < -0.39 is 0 Å². The molecule has 1 aromatic heterocycles. The molecule has 0 spiro atoms. The SMILES string of the molecule is COc1cc(CC(C)=O)cc2cc(C)oc12. The van der Waals surface area contributed by atoms with E-state index in [1.165, 1.54) is 0 Å². The molecule has 1 heterocycles. The average Bonchev–Trinajstić information content (AvgIpc) is 2.56. The predicted octanol–water partition coefficient (Wildman–Crippen LogP) is 2.88. The first-order valence-electron chi connectivity index (χ1n) is 5.16. The smallest absolute Gasteiger partial charge is 0.176 e. The van der Waals surface area contributed by atoms with Crippen molar-refractivity contribution in [2.75, 3.05) is 7.11 Å². The summed E-state index contributed by atoms with van der Waals surface area (Å²) in [4.78, 5) is 11.1. The fraction of sp³-hybridized carbons (Fsp3) is 0.308. The van der Waals surface area contributed by atoms with Gasteiger partial charge in [-0.05, 0) is 37.6 Å². The summed E-state index contributed by atoms with van der Waals surface area (Å²) in [5.74, 6) is 1.66. The molecular weight excluding hydrogens is 204 g/mol. The highest BCUT2D eigenvalue weighted by atomic mass is 16.5. The third-order valence-electron chi connectivity index (χ3n) is 2.44. The van der Waals surface area contributed by atoms with E-state index >= 15 is 0 Å². The zero-order valence-corrected chi connectivity index (χ0v) is 9.66. The van der Waals surface area contributed by atoms with Crippen molar-refractivity contribution in [2.24, 2.45) is 0 Å². The Morgan fingerprint density at radius 3 is 2.75 bits per heavy atom. The average molecular weight is 218 g/mol. The third kappa shape index (κ3) is 1.94. The largest absolute Gasteiger partial charge is 0.493 e. The van der Waals surface area contributed by atoms with Crippen molar-refractivity contribution in [1.82, 2.24) is 0 Å². The Labute approximate surface area is 94.0 Å². The fourth-order valence-electron chi connectivity index (χ4n) is 1.85. The molecule has 0 aliphatic carbocycles. The zero-order chi connectivity index (χ0) is 11.7. The van der Waals surface area contributed by atoms with Crippen LogP contribution in [0.2, 0.25) is 0 Å². The molecule has 0 aliphatic heterocycles. The van der Waals surface area contributed by atoms with E-state index in [9.17, 15) is 4.79 Å². The predicted molar refractivity (Wildman–Crippen MR) is 61.9 cm³/mol. The molecule has 0 unspecified atom stereocenters. The normalized spacial score (nSPS) is 10.7. The lowest BCUT2D eigenvalue weighted by atomic mass is 10.1. The molecule has 0 bridgehead atoms. The lowest BCUT2D eigenvalue weighted by Gasteiger charge is -2.04. The summed E-state index contributed by atoms with van der Waals surface area (Å²) in [7, 11) is 1.60. The van der Waals surface area contributed by atoms with Gasteiger partial charge in [0, 0.05) is 11.8 Å². The number of hydrogen-bond acceptors (Lipinski definition) is 3. The number of fused-ring (bicyclic) bond motifs is 1. The maximum atomic E-state index is 11.1. The summed E-state index contributed by atoms with van der Waals surface area (Å²) < 4.78 is 10.8. The monoisotopic (exact) mass is 218 g/mol. The number of aryl methyl sites for hydroxylation is 1. The van der Waals surface area contributed by atoms with Crippen molar-refractivity contribution in [2.45, 2.75) is 20.3 Å². The van der Waals surface area contributed by atoms with Crippen LogP contribution in [0.5, 0.6) is 5.75 Å². The van der Waals surface area contributed by atoms with Crippen molar-refractivity contribution < 1.29 is 13.9 Å². The van der Waals surface area contributed by atoms with Gasteiger partial charge < -0.3 is 9.15 Å². The first-order valence-corrected chi connectivity index (χ1v) is 5.16. The number of ketones is 1. The molecule has 2 aromatic rings. The molecular formula is C13H14O3. The molecule has 0 fully saturated rings. The second-order valence-corrected chi connectivity index (χ2v) is 3.95. The van der Waals surface area contributed by atoms with Gasteiger partial charge in [-0.25, -0.2) is 0 Å². The second kappa shape index (κ2) is 4.00. The molecule has 0 radical (unpaired) electrons. The number of carbonyl (C=O) groups is 1. The molecule has 1 aromatic carbocycles. The quantitative estimate of drug-likeness (QED) is 0.795. The lowest BCUT2D eigenvalue weighted by Crippen LogP contribution is -1.96. The molecule has 2 rings (SSSR count). The van der Waals surface area contributed by atoms with Crippen molar-refractivity contribution in [3.8, 4) is 5.75 Å². The molecule has 0 N–H and O–H groups in total. The van der Waals surface area contributed by atoms with Crippen LogP contribution in [0, 0.1) is 6.92 Å². The molecule has 0 amide bonds. The Balaban J connectivity index is 2.57. The molecule has 84 valence electrons. The van der Waals surface area contributed by atoms with Crippen LogP contribution in [-0.4, -0.2) is 12.9 Å². The standard InChI is InChI=1S/C13H14O3/c1-8(14)4-10-6-11-5-9(2)16-13(11)12(7-10)15-3/h5-7H,4H2,1-3H3. The van der Waals surface area contributed by atoms with Crippen molar-refractivity contribution >= 4 is 16.8 Å². The highest BCUT2D eigenvalue weighted by Crippen LogP contribution is 2.30. The third-order valence-corrected chi connectivity index (χ3v) is 2.44. The number of methoxy groups -OCH3 is 1. The zero-order valence-electron chi connectivity index (χ0n) is 9.66. The van der Waals surface area contributed by atoms with E-state index in [1.54, 1.807) is 14.0 Å². The summed E-state index contributed by atoms with van der Waals surface area (Å²) in [5, 5.41) is 0.980. The van der Waals surface area contributed by atoms with Crippen LogP contribution in [-0.2, 0) is 11.2 Å². The molecule has 3 heteroatoms. The first-order chi connectivity index (χ1) is 7.60. The van der Waals surface area contributed by atoms with Crippen LogP contribution in [0.1, 0.15) is 18.2 Å². The van der Waals surface area contributed by atoms with E-state index in [2.05, 4.69) is 0 Å². The van der Waals surface area contributed by atoms with Crippen molar-refractivity contribution in [1.29, 1.82) is 0 Å². The van der Waals surface area contributed by atoms with Gasteiger partial charge in [-0.3, -0.25) is 4.79 Å². The molecule has 16 heavy (non-hydrogen) atoms. The second-order valence-electron chi connectivity index (χ2n) is 3.95. The van der Waals surface area contributed by atoms with Gasteiger partial charge >= 0.3 is 0 Å². The summed E-state index contributed by atoms with van der Waals surface area (Å²) in [5.41, 5.74) is 1.70. The number of carbonyl (C=O) groups excluding carboxylic acids is 1. The van der Waals surface area contributed by atoms with Gasteiger partial charge in [0.1, 0.15) is 11.5 Å². The van der Waals surface area contributed by atoms with Gasteiger partial charge in [0.25, 0.3) is 0 Å². The fourth-order valence-corrected chi connectivity index (χ4v) is 1.85. The molecule has 0 aliphatic rings. The topological polar surface area (TPSA) is 39.4 Å². The van der Waals surface area contributed by atoms with Crippen LogP contribution in [0.25, 0.3) is 11.0 Å². The number of benzene rings is 1. The van der Waals surface area contributed by atoms with Gasteiger partial charge in [0.05, 0.1) is 7.11 Å². The summed E-state index contributed by atoms with van der Waals surface area (Å²) in [6.45, 7) is 3.47. The van der Waals surface area contributed by atoms with E-state index in [1.807, 2.05) is 25.1 Å². The Hall–Kier alpha value is -1.77. The maximum absolute atomic E-state index is 11.1. The van der Waals surface area contributed by atoms with E-state index in [4.69, 9.17) is 9.15 Å². The minimum Gasteiger partial charge on any atom is -0.493 e. The summed E-state index contributed by atoms with van der Waals surface area (Å²) in [6.07, 6.45) is 0.427. The van der Waals surface area contributed by atoms with E-state index in [0.29, 0.717) is 12.2 Å². The lowest BCUT2D eigenvalue weighted by molar-refractivity contribution is -0.116.